The summed E-state index contributed by atoms with van der Waals surface area (Å²) >= 11 is 18.8. The zero-order chi connectivity index (χ0) is 27.9. The third-order valence-electron chi connectivity index (χ3n) is 5.83. The van der Waals surface area contributed by atoms with E-state index in [2.05, 4.69) is 5.32 Å². The molecule has 0 spiro atoms. The van der Waals surface area contributed by atoms with Crippen molar-refractivity contribution in [3.63, 3.8) is 0 Å². The van der Waals surface area contributed by atoms with E-state index in [1.165, 1.54) is 41.3 Å². The van der Waals surface area contributed by atoms with E-state index in [4.69, 9.17) is 34.8 Å². The Balaban J connectivity index is 2.04. The number of hydrogen-bond donors (Lipinski definition) is 1. The van der Waals surface area contributed by atoms with Crippen LogP contribution < -0.4 is 9.62 Å². The molecule has 3 aromatic rings. The summed E-state index contributed by atoms with van der Waals surface area (Å²) in [5.74, 6) is -0.998. The molecule has 0 fully saturated rings. The normalized spacial score (nSPS) is 12.0. The van der Waals surface area contributed by atoms with Crippen molar-refractivity contribution >= 4 is 62.3 Å². The molecule has 0 aliphatic carbocycles. The summed E-state index contributed by atoms with van der Waals surface area (Å²) < 4.78 is 28.4. The van der Waals surface area contributed by atoms with Crippen LogP contribution >= 0.6 is 34.8 Å². The maximum absolute atomic E-state index is 13.8. The fourth-order valence-electron chi connectivity index (χ4n) is 3.69. The molecular weight excluding hydrogens is 569 g/mol. The van der Waals surface area contributed by atoms with Crippen molar-refractivity contribution in [3.05, 3.63) is 93.4 Å². The van der Waals surface area contributed by atoms with Crippen molar-refractivity contribution in [1.82, 2.24) is 10.2 Å². The summed E-state index contributed by atoms with van der Waals surface area (Å²) in [5, 5.41) is 3.84. The van der Waals surface area contributed by atoms with Gasteiger partial charge in [-0.05, 0) is 61.9 Å². The maximum Gasteiger partial charge on any atom is 0.264 e. The number of anilines is 1. The van der Waals surface area contributed by atoms with Crippen LogP contribution in [0.2, 0.25) is 15.1 Å². The van der Waals surface area contributed by atoms with Crippen LogP contribution in [-0.2, 0) is 26.2 Å². The Bertz CT molecular complexity index is 1350. The zero-order valence-corrected chi connectivity index (χ0v) is 24.0. The number of benzene rings is 3. The minimum Gasteiger partial charge on any atom is -0.354 e. The van der Waals surface area contributed by atoms with Crippen molar-refractivity contribution < 1.29 is 18.0 Å². The highest BCUT2D eigenvalue weighted by molar-refractivity contribution is 7.92. The Kier molecular flexibility index (Phi) is 10.4. The van der Waals surface area contributed by atoms with Gasteiger partial charge in [-0.15, -0.1) is 0 Å². The molecule has 0 aromatic heterocycles. The summed E-state index contributed by atoms with van der Waals surface area (Å²) in [5.41, 5.74) is 0.689. The number of rotatable bonds is 11. The minimum absolute atomic E-state index is 0.0113. The van der Waals surface area contributed by atoms with Gasteiger partial charge in [0.05, 0.1) is 10.6 Å². The number of carbonyl (C=O) groups excluding carboxylic acids is 2. The van der Waals surface area contributed by atoms with Crippen LogP contribution in [0.1, 0.15) is 25.8 Å². The molecule has 3 aromatic carbocycles. The van der Waals surface area contributed by atoms with E-state index in [0.717, 1.165) is 4.31 Å². The van der Waals surface area contributed by atoms with Crippen molar-refractivity contribution in [2.24, 2.45) is 0 Å². The molecule has 0 heterocycles. The minimum atomic E-state index is -4.15. The number of nitrogens with one attached hydrogen (secondary N) is 1. The van der Waals surface area contributed by atoms with Crippen molar-refractivity contribution in [2.75, 3.05) is 17.4 Å². The largest absolute Gasteiger partial charge is 0.354 e. The van der Waals surface area contributed by atoms with Crippen LogP contribution in [0.3, 0.4) is 0 Å². The van der Waals surface area contributed by atoms with Crippen molar-refractivity contribution in [2.45, 2.75) is 37.8 Å². The van der Waals surface area contributed by atoms with Gasteiger partial charge < -0.3 is 10.2 Å². The fraction of sp³-hybridized carbons (Fsp3) is 0.259. The quantitative estimate of drug-likeness (QED) is 0.304. The number of sulfonamides is 1. The lowest BCUT2D eigenvalue weighted by Gasteiger charge is -2.32. The van der Waals surface area contributed by atoms with E-state index in [0.29, 0.717) is 33.6 Å². The maximum atomic E-state index is 13.8. The Morgan fingerprint density at radius 1 is 0.895 bits per heavy atom. The average molecular weight is 597 g/mol. The van der Waals surface area contributed by atoms with Gasteiger partial charge in [-0.2, -0.15) is 0 Å². The van der Waals surface area contributed by atoms with Gasteiger partial charge in [-0.25, -0.2) is 8.42 Å². The number of carbonyl (C=O) groups is 2. The van der Waals surface area contributed by atoms with E-state index in [9.17, 15) is 18.0 Å². The van der Waals surface area contributed by atoms with Gasteiger partial charge in [0, 0.05) is 33.7 Å². The molecule has 1 atom stereocenters. The first-order valence-electron chi connectivity index (χ1n) is 11.9. The lowest BCUT2D eigenvalue weighted by Crippen LogP contribution is -2.51. The van der Waals surface area contributed by atoms with E-state index in [-0.39, 0.29) is 23.0 Å². The molecule has 202 valence electrons. The molecule has 38 heavy (non-hydrogen) atoms. The summed E-state index contributed by atoms with van der Waals surface area (Å²) in [6.45, 7) is 3.24. The summed E-state index contributed by atoms with van der Waals surface area (Å²) in [6.07, 6.45) is 0.711. The fourth-order valence-corrected chi connectivity index (χ4v) is 5.77. The van der Waals surface area contributed by atoms with Gasteiger partial charge >= 0.3 is 0 Å². The molecule has 11 heteroatoms. The van der Waals surface area contributed by atoms with Crippen LogP contribution in [0.25, 0.3) is 0 Å². The molecule has 0 radical (unpaired) electrons. The first-order valence-corrected chi connectivity index (χ1v) is 14.5. The van der Waals surface area contributed by atoms with Gasteiger partial charge in [0.15, 0.2) is 0 Å². The monoisotopic (exact) mass is 595 g/mol. The van der Waals surface area contributed by atoms with Crippen molar-refractivity contribution in [3.8, 4) is 0 Å². The number of hydrogen-bond acceptors (Lipinski definition) is 4. The van der Waals surface area contributed by atoms with E-state index in [1.54, 1.807) is 43.3 Å². The molecule has 0 aliphatic rings. The highest BCUT2D eigenvalue weighted by Gasteiger charge is 2.33. The smallest absolute Gasteiger partial charge is 0.264 e. The third kappa shape index (κ3) is 7.20. The molecule has 0 bridgehead atoms. The Morgan fingerprint density at radius 2 is 1.50 bits per heavy atom. The summed E-state index contributed by atoms with van der Waals surface area (Å²) in [6, 6.07) is 17.9. The lowest BCUT2D eigenvalue weighted by molar-refractivity contribution is -0.139. The summed E-state index contributed by atoms with van der Waals surface area (Å²) in [4.78, 5) is 28.0. The van der Waals surface area contributed by atoms with Gasteiger partial charge in [0.25, 0.3) is 10.0 Å². The summed E-state index contributed by atoms with van der Waals surface area (Å²) in [7, 11) is -4.15. The second kappa shape index (κ2) is 13.3. The van der Waals surface area contributed by atoms with Gasteiger partial charge in [0.2, 0.25) is 11.8 Å². The van der Waals surface area contributed by atoms with Gasteiger partial charge in [-0.3, -0.25) is 13.9 Å². The predicted octanol–water partition coefficient (Wildman–Crippen LogP) is 5.79. The van der Waals surface area contributed by atoms with E-state index in [1.807, 2.05) is 6.92 Å². The Hall–Kier alpha value is -2.78. The zero-order valence-electron chi connectivity index (χ0n) is 20.9. The van der Waals surface area contributed by atoms with Gasteiger partial charge in [0.1, 0.15) is 12.6 Å². The van der Waals surface area contributed by atoms with Crippen LogP contribution in [0.4, 0.5) is 5.69 Å². The molecule has 2 amide bonds. The molecular formula is C27H28Cl3N3O4S. The third-order valence-corrected chi connectivity index (χ3v) is 8.58. The first-order chi connectivity index (χ1) is 18.1. The molecule has 0 unspecified atom stereocenters. The standard InChI is InChI=1S/C27H28Cl3N3O4S/c1-3-16-31-27(35)19(2)32(17-23-24(29)10-7-11-25(23)30)26(34)18-33(21-14-12-20(28)13-15-21)38(36,37)22-8-5-4-6-9-22/h4-15,19H,3,16-18H2,1-2H3,(H,31,35)/t19-/m1/s1. The number of nitrogens with zero attached hydrogens (tertiary/aromatic N) is 2. The van der Waals surface area contributed by atoms with E-state index >= 15 is 0 Å². The van der Waals surface area contributed by atoms with Crippen LogP contribution in [0, 0.1) is 0 Å². The average Bonchev–Trinajstić information content (AvgIpc) is 2.90. The molecule has 0 saturated heterocycles. The predicted molar refractivity (Wildman–Crippen MR) is 152 cm³/mol. The molecule has 3 rings (SSSR count). The van der Waals surface area contributed by atoms with E-state index < -0.39 is 28.5 Å². The molecule has 0 aliphatic heterocycles. The molecule has 0 saturated carbocycles. The molecule has 7 nitrogen and oxygen atoms in total. The number of amides is 2. The second-order valence-corrected chi connectivity index (χ2v) is 11.6. The van der Waals surface area contributed by atoms with Crippen LogP contribution in [-0.4, -0.2) is 44.3 Å². The molecule has 1 N–H and O–H groups in total. The van der Waals surface area contributed by atoms with Gasteiger partial charge in [-0.1, -0.05) is 66.0 Å². The first kappa shape index (κ1) is 29.8. The lowest BCUT2D eigenvalue weighted by atomic mass is 10.1. The highest BCUT2D eigenvalue weighted by atomic mass is 35.5. The SMILES string of the molecule is CCCNC(=O)[C@@H](C)N(Cc1c(Cl)cccc1Cl)C(=O)CN(c1ccc(Cl)cc1)S(=O)(=O)c1ccccc1. The van der Waals surface area contributed by atoms with Crippen LogP contribution in [0.5, 0.6) is 0 Å². The van der Waals surface area contributed by atoms with Crippen molar-refractivity contribution in [1.29, 1.82) is 0 Å². The Labute approximate surface area is 238 Å². The number of halogens is 3. The highest BCUT2D eigenvalue weighted by Crippen LogP contribution is 2.28. The topological polar surface area (TPSA) is 86.8 Å². The second-order valence-electron chi connectivity index (χ2n) is 8.49. The Morgan fingerprint density at radius 3 is 2.08 bits per heavy atom. The van der Waals surface area contributed by atoms with Crippen LogP contribution in [0.15, 0.2) is 77.7 Å².